The molecule has 0 radical (unpaired) electrons. The van der Waals surface area contributed by atoms with Gasteiger partial charge >= 0.3 is 11.9 Å². The number of ether oxygens (including phenoxy) is 3. The summed E-state index contributed by atoms with van der Waals surface area (Å²) in [6, 6.07) is 11.2. The lowest BCUT2D eigenvalue weighted by Crippen LogP contribution is -2.09. The van der Waals surface area contributed by atoms with E-state index in [-0.39, 0.29) is 11.5 Å². The second-order valence-electron chi connectivity index (χ2n) is 5.83. The van der Waals surface area contributed by atoms with Crippen molar-refractivity contribution in [2.75, 3.05) is 13.7 Å². The Balaban J connectivity index is 1.83. The molecule has 0 aromatic heterocycles. The van der Waals surface area contributed by atoms with Crippen LogP contribution in [-0.2, 0) is 19.1 Å². The van der Waals surface area contributed by atoms with E-state index < -0.39 is 24.3 Å². The number of phenolic OH excluding ortho intramolecular Hbond substituents is 1. The maximum absolute atomic E-state index is 11.8. The zero-order valence-electron chi connectivity index (χ0n) is 16.0. The molecular weight excluding hydrogens is 376 g/mol. The first-order valence-corrected chi connectivity index (χ1v) is 8.58. The van der Waals surface area contributed by atoms with Crippen LogP contribution in [0.2, 0.25) is 0 Å². The van der Waals surface area contributed by atoms with Crippen LogP contribution in [0, 0.1) is 0 Å². The van der Waals surface area contributed by atoms with Crippen LogP contribution in [0.15, 0.2) is 54.6 Å². The Hall–Kier alpha value is -3.87. The molecule has 2 rings (SSSR count). The first kappa shape index (κ1) is 21.4. The van der Waals surface area contributed by atoms with E-state index >= 15 is 0 Å². The van der Waals surface area contributed by atoms with E-state index in [1.165, 1.54) is 44.4 Å². The van der Waals surface area contributed by atoms with Gasteiger partial charge in [-0.2, -0.15) is 0 Å². The van der Waals surface area contributed by atoms with Gasteiger partial charge in [-0.1, -0.05) is 24.3 Å². The van der Waals surface area contributed by atoms with Crippen LogP contribution in [0.3, 0.4) is 0 Å². The van der Waals surface area contributed by atoms with E-state index in [2.05, 4.69) is 0 Å². The quantitative estimate of drug-likeness (QED) is 0.416. The van der Waals surface area contributed by atoms with E-state index in [0.29, 0.717) is 16.9 Å². The van der Waals surface area contributed by atoms with Gasteiger partial charge in [0, 0.05) is 13.0 Å². The monoisotopic (exact) mass is 396 g/mol. The summed E-state index contributed by atoms with van der Waals surface area (Å²) in [4.78, 5) is 34.4. The van der Waals surface area contributed by atoms with E-state index in [1.54, 1.807) is 36.4 Å². The van der Waals surface area contributed by atoms with Crippen molar-refractivity contribution in [3.8, 4) is 17.2 Å². The third-order valence-electron chi connectivity index (χ3n) is 3.58. The van der Waals surface area contributed by atoms with E-state index in [1.807, 2.05) is 0 Å². The summed E-state index contributed by atoms with van der Waals surface area (Å²) < 4.78 is 14.8. The third kappa shape index (κ3) is 7.34. The molecule has 2 aromatic carbocycles. The van der Waals surface area contributed by atoms with Crippen molar-refractivity contribution >= 4 is 29.9 Å². The number of carbonyl (C=O) groups is 3. The number of carbonyl (C=O) groups excluding carboxylic acids is 3. The van der Waals surface area contributed by atoms with Gasteiger partial charge in [-0.25, -0.2) is 4.79 Å². The molecule has 29 heavy (non-hydrogen) atoms. The van der Waals surface area contributed by atoms with Crippen LogP contribution in [0.5, 0.6) is 17.2 Å². The summed E-state index contributed by atoms with van der Waals surface area (Å²) >= 11 is 0. The van der Waals surface area contributed by atoms with Crippen molar-refractivity contribution < 1.29 is 33.7 Å². The van der Waals surface area contributed by atoms with Gasteiger partial charge in [0.1, 0.15) is 5.75 Å². The van der Waals surface area contributed by atoms with Gasteiger partial charge < -0.3 is 19.3 Å². The molecule has 2 aromatic rings. The van der Waals surface area contributed by atoms with Gasteiger partial charge in [0.05, 0.1) is 7.11 Å². The zero-order valence-corrected chi connectivity index (χ0v) is 16.0. The molecule has 0 atom stereocenters. The molecule has 0 aliphatic heterocycles. The number of rotatable bonds is 8. The topological polar surface area (TPSA) is 99.1 Å². The van der Waals surface area contributed by atoms with Crippen molar-refractivity contribution in [3.63, 3.8) is 0 Å². The standard InChI is InChI=1S/C22H20O7/c1-15(23)29-19-9-4-16(5-10-19)7-12-22(26)28-14-18(24)8-3-17-6-11-20(25)21(13-17)27-2/h3-13,25H,14H2,1-2H3/b8-3+,12-7+. The number of hydrogen-bond acceptors (Lipinski definition) is 7. The van der Waals surface area contributed by atoms with Gasteiger partial charge in [-0.15, -0.1) is 0 Å². The highest BCUT2D eigenvalue weighted by Gasteiger charge is 2.04. The molecule has 7 heteroatoms. The number of benzene rings is 2. The molecule has 0 heterocycles. The fourth-order valence-electron chi connectivity index (χ4n) is 2.20. The lowest BCUT2D eigenvalue weighted by atomic mass is 10.1. The highest BCUT2D eigenvalue weighted by Crippen LogP contribution is 2.26. The lowest BCUT2D eigenvalue weighted by molar-refractivity contribution is -0.141. The smallest absolute Gasteiger partial charge is 0.331 e. The van der Waals surface area contributed by atoms with Crippen molar-refractivity contribution in [2.45, 2.75) is 6.92 Å². The maximum Gasteiger partial charge on any atom is 0.331 e. The van der Waals surface area contributed by atoms with Gasteiger partial charge in [0.2, 0.25) is 0 Å². The number of aromatic hydroxyl groups is 1. The Morgan fingerprint density at radius 1 is 0.966 bits per heavy atom. The number of phenols is 1. The number of hydrogen-bond donors (Lipinski definition) is 1. The molecule has 0 aliphatic carbocycles. The SMILES string of the molecule is COc1cc(/C=C/C(=O)COC(=O)/C=C/c2ccc(OC(C)=O)cc2)ccc1O. The Morgan fingerprint density at radius 3 is 2.28 bits per heavy atom. The molecule has 0 saturated carbocycles. The minimum Gasteiger partial charge on any atom is -0.504 e. The van der Waals surface area contributed by atoms with Crippen LogP contribution in [-0.4, -0.2) is 36.5 Å². The predicted octanol–water partition coefficient (Wildman–Crippen LogP) is 3.17. The van der Waals surface area contributed by atoms with Crippen LogP contribution in [0.4, 0.5) is 0 Å². The zero-order chi connectivity index (χ0) is 21.2. The van der Waals surface area contributed by atoms with E-state index in [0.717, 1.165) is 0 Å². The van der Waals surface area contributed by atoms with E-state index in [4.69, 9.17) is 14.2 Å². The predicted molar refractivity (Wildman–Crippen MR) is 106 cm³/mol. The molecule has 0 aliphatic rings. The molecule has 0 spiro atoms. The van der Waals surface area contributed by atoms with Crippen LogP contribution >= 0.6 is 0 Å². The first-order valence-electron chi connectivity index (χ1n) is 8.58. The summed E-state index contributed by atoms with van der Waals surface area (Å²) in [5.41, 5.74) is 1.35. The lowest BCUT2D eigenvalue weighted by Gasteiger charge is -2.03. The normalized spacial score (nSPS) is 10.8. The number of ketones is 1. The summed E-state index contributed by atoms with van der Waals surface area (Å²) in [5, 5.41) is 9.54. The third-order valence-corrected chi connectivity index (χ3v) is 3.58. The fraction of sp³-hybridized carbons (Fsp3) is 0.136. The Labute approximate surface area is 167 Å². The van der Waals surface area contributed by atoms with E-state index in [9.17, 15) is 19.5 Å². The molecule has 150 valence electrons. The van der Waals surface area contributed by atoms with Gasteiger partial charge in [0.25, 0.3) is 0 Å². The maximum atomic E-state index is 11.8. The fourth-order valence-corrected chi connectivity index (χ4v) is 2.20. The minimum absolute atomic E-state index is 0.00212. The second-order valence-corrected chi connectivity index (χ2v) is 5.83. The van der Waals surface area contributed by atoms with Crippen LogP contribution in [0.1, 0.15) is 18.1 Å². The molecular formula is C22H20O7. The second kappa shape index (κ2) is 10.5. The number of methoxy groups -OCH3 is 1. The minimum atomic E-state index is -0.665. The number of esters is 2. The molecule has 0 bridgehead atoms. The largest absolute Gasteiger partial charge is 0.504 e. The van der Waals surface area contributed by atoms with Crippen molar-refractivity contribution in [3.05, 3.63) is 65.7 Å². The first-order chi connectivity index (χ1) is 13.9. The Bertz CT molecular complexity index is 940. The van der Waals surface area contributed by atoms with Gasteiger partial charge in [0.15, 0.2) is 23.9 Å². The summed E-state index contributed by atoms with van der Waals surface area (Å²) in [6.07, 6.45) is 5.51. The molecule has 0 amide bonds. The van der Waals surface area contributed by atoms with Crippen molar-refractivity contribution in [2.24, 2.45) is 0 Å². The highest BCUT2D eigenvalue weighted by molar-refractivity contribution is 5.96. The van der Waals surface area contributed by atoms with Gasteiger partial charge in [-0.3, -0.25) is 9.59 Å². The van der Waals surface area contributed by atoms with Crippen molar-refractivity contribution in [1.29, 1.82) is 0 Å². The van der Waals surface area contributed by atoms with Crippen LogP contribution < -0.4 is 9.47 Å². The average molecular weight is 396 g/mol. The Morgan fingerprint density at radius 2 is 1.62 bits per heavy atom. The molecule has 1 N–H and O–H groups in total. The Kier molecular flexibility index (Phi) is 7.73. The molecule has 0 unspecified atom stereocenters. The molecule has 7 nitrogen and oxygen atoms in total. The summed E-state index contributed by atoms with van der Waals surface area (Å²) in [7, 11) is 1.43. The van der Waals surface area contributed by atoms with Crippen LogP contribution in [0.25, 0.3) is 12.2 Å². The van der Waals surface area contributed by atoms with Gasteiger partial charge in [-0.05, 0) is 47.5 Å². The molecule has 0 fully saturated rings. The summed E-state index contributed by atoms with van der Waals surface area (Å²) in [5.74, 6) is -0.789. The highest BCUT2D eigenvalue weighted by atomic mass is 16.5. The summed E-state index contributed by atoms with van der Waals surface area (Å²) in [6.45, 7) is 0.905. The van der Waals surface area contributed by atoms with Crippen molar-refractivity contribution in [1.82, 2.24) is 0 Å². The average Bonchev–Trinajstić information content (AvgIpc) is 2.70. The molecule has 0 saturated heterocycles.